The van der Waals surface area contributed by atoms with Crippen molar-refractivity contribution < 1.29 is 10.2 Å². The van der Waals surface area contributed by atoms with E-state index in [-0.39, 0.29) is 56.0 Å². The van der Waals surface area contributed by atoms with Gasteiger partial charge in [0.05, 0.1) is 13.2 Å². The van der Waals surface area contributed by atoms with Crippen molar-refractivity contribution in [2.75, 3.05) is 69.7 Å². The van der Waals surface area contributed by atoms with E-state index in [1.165, 1.54) is 0 Å². The Bertz CT molecular complexity index is 1670. The Labute approximate surface area is 252 Å². The number of anilines is 12. The summed E-state index contributed by atoms with van der Waals surface area (Å²) < 4.78 is 0. The van der Waals surface area contributed by atoms with Crippen LogP contribution < -0.4 is 43.4 Å². The summed E-state index contributed by atoms with van der Waals surface area (Å²) >= 11 is 0. The second kappa shape index (κ2) is 14.3. The molecule has 0 unspecified atom stereocenters. The lowest BCUT2D eigenvalue weighted by molar-refractivity contribution is 0.310. The molecular formula is C28H32N14O2. The Balaban J connectivity index is 1.31. The first-order valence-electron chi connectivity index (χ1n) is 13.6. The lowest BCUT2D eigenvalue weighted by Crippen LogP contribution is -2.12. The third kappa shape index (κ3) is 8.51. The highest BCUT2D eigenvalue weighted by molar-refractivity contribution is 5.65. The van der Waals surface area contributed by atoms with E-state index in [4.69, 9.17) is 11.5 Å². The molecule has 2 aromatic heterocycles. The predicted octanol–water partition coefficient (Wildman–Crippen LogP) is 3.00. The topological polar surface area (TPSA) is 242 Å². The SMILES string of the molecule is Nc1ccc(Nc2nc(NCCO)nc(Nc3ccc(Nc4nc(NCCO)nc(Nc5cccc(N)c5)n4)cc3)n2)cc1. The maximum Gasteiger partial charge on any atom is 0.233 e. The standard InChI is InChI=1S/C28H32N14O2/c29-17-4-6-19(7-5-17)33-25-37-23(31-12-14-43)38-26(41-25)34-20-8-10-21(11-9-20)35-27-39-24(32-13-15-44)40-28(42-27)36-22-3-1-2-18(30)16-22/h1-11,16,43-44H,12-15,29-30H2,(H3,31,33,34,37,38,41)(H3,32,35,36,39,40,42). The van der Waals surface area contributed by atoms with Crippen LogP contribution in [0.1, 0.15) is 0 Å². The molecule has 3 aromatic carbocycles. The first-order valence-corrected chi connectivity index (χ1v) is 13.6. The van der Waals surface area contributed by atoms with Gasteiger partial charge in [-0.2, -0.15) is 29.9 Å². The van der Waals surface area contributed by atoms with Crippen LogP contribution in [0.25, 0.3) is 0 Å². The highest BCUT2D eigenvalue weighted by atomic mass is 16.3. The van der Waals surface area contributed by atoms with Crippen LogP contribution in [0.3, 0.4) is 0 Å². The molecule has 0 aliphatic heterocycles. The number of benzene rings is 3. The van der Waals surface area contributed by atoms with Crippen molar-refractivity contribution in [3.63, 3.8) is 0 Å². The molecule has 16 nitrogen and oxygen atoms in total. The van der Waals surface area contributed by atoms with Crippen molar-refractivity contribution in [2.45, 2.75) is 0 Å². The van der Waals surface area contributed by atoms with Crippen molar-refractivity contribution in [2.24, 2.45) is 0 Å². The number of aromatic nitrogens is 6. The van der Waals surface area contributed by atoms with Gasteiger partial charge in [0.1, 0.15) is 0 Å². The lowest BCUT2D eigenvalue weighted by atomic mass is 10.3. The molecule has 0 aliphatic rings. The average molecular weight is 597 g/mol. The number of nitrogens with one attached hydrogen (secondary N) is 6. The molecule has 0 radical (unpaired) electrons. The molecule has 0 saturated carbocycles. The molecule has 0 bridgehead atoms. The molecule has 5 aromatic rings. The van der Waals surface area contributed by atoms with Crippen LogP contribution in [0.2, 0.25) is 0 Å². The van der Waals surface area contributed by atoms with Crippen molar-refractivity contribution >= 4 is 69.8 Å². The summed E-state index contributed by atoms with van der Waals surface area (Å²) in [5.41, 5.74) is 15.8. The van der Waals surface area contributed by atoms with Crippen LogP contribution in [-0.4, -0.2) is 66.4 Å². The Morgan fingerprint density at radius 3 is 1.25 bits per heavy atom. The van der Waals surface area contributed by atoms with E-state index in [0.29, 0.717) is 34.4 Å². The molecular weight excluding hydrogens is 564 g/mol. The highest BCUT2D eigenvalue weighted by Gasteiger charge is 2.10. The zero-order chi connectivity index (χ0) is 30.7. The maximum absolute atomic E-state index is 9.22. The number of nitrogens with zero attached hydrogens (tertiary/aromatic N) is 6. The van der Waals surface area contributed by atoms with Gasteiger partial charge in [-0.05, 0) is 66.7 Å². The smallest absolute Gasteiger partial charge is 0.233 e. The largest absolute Gasteiger partial charge is 0.399 e. The molecule has 44 heavy (non-hydrogen) atoms. The quantitative estimate of drug-likeness (QED) is 0.0828. The molecule has 226 valence electrons. The minimum absolute atomic E-state index is 0.0811. The maximum atomic E-state index is 9.22. The fourth-order valence-electron chi connectivity index (χ4n) is 3.81. The molecule has 2 heterocycles. The second-order valence-corrected chi connectivity index (χ2v) is 9.24. The van der Waals surface area contributed by atoms with Gasteiger partial charge < -0.3 is 53.6 Å². The number of aliphatic hydroxyl groups is 2. The van der Waals surface area contributed by atoms with Crippen LogP contribution >= 0.6 is 0 Å². The molecule has 12 N–H and O–H groups in total. The number of hydrogen-bond donors (Lipinski definition) is 10. The van der Waals surface area contributed by atoms with Crippen molar-refractivity contribution in [3.05, 3.63) is 72.8 Å². The monoisotopic (exact) mass is 596 g/mol. The molecule has 0 saturated heterocycles. The Kier molecular flexibility index (Phi) is 9.55. The zero-order valence-electron chi connectivity index (χ0n) is 23.5. The molecule has 0 amide bonds. The van der Waals surface area contributed by atoms with E-state index in [2.05, 4.69) is 61.8 Å². The molecule has 0 aliphatic carbocycles. The lowest BCUT2D eigenvalue weighted by Gasteiger charge is -2.13. The van der Waals surface area contributed by atoms with Gasteiger partial charge in [-0.3, -0.25) is 0 Å². The third-order valence-corrected chi connectivity index (χ3v) is 5.77. The summed E-state index contributed by atoms with van der Waals surface area (Å²) in [5.74, 6) is 1.72. The van der Waals surface area contributed by atoms with Crippen LogP contribution in [0.5, 0.6) is 0 Å². The average Bonchev–Trinajstić information content (AvgIpc) is 3.01. The second-order valence-electron chi connectivity index (χ2n) is 9.24. The number of rotatable bonds is 14. The van der Waals surface area contributed by atoms with Gasteiger partial charge >= 0.3 is 0 Å². The number of nitrogen functional groups attached to an aromatic ring is 2. The van der Waals surface area contributed by atoms with E-state index in [9.17, 15) is 10.2 Å². The first kappa shape index (κ1) is 29.5. The van der Waals surface area contributed by atoms with Crippen LogP contribution in [0, 0.1) is 0 Å². The van der Waals surface area contributed by atoms with Crippen molar-refractivity contribution in [3.8, 4) is 0 Å². The Morgan fingerprint density at radius 2 is 0.841 bits per heavy atom. The fraction of sp³-hybridized carbons (Fsp3) is 0.143. The fourth-order valence-corrected chi connectivity index (χ4v) is 3.81. The van der Waals surface area contributed by atoms with Gasteiger partial charge in [0.25, 0.3) is 0 Å². The van der Waals surface area contributed by atoms with Gasteiger partial charge in [-0.15, -0.1) is 0 Å². The van der Waals surface area contributed by atoms with Crippen LogP contribution in [0.15, 0.2) is 72.8 Å². The van der Waals surface area contributed by atoms with E-state index in [0.717, 1.165) is 5.69 Å². The van der Waals surface area contributed by atoms with Crippen LogP contribution in [0.4, 0.5) is 69.8 Å². The van der Waals surface area contributed by atoms with Crippen molar-refractivity contribution in [1.29, 1.82) is 0 Å². The number of aliphatic hydroxyl groups excluding tert-OH is 2. The summed E-state index contributed by atoms with van der Waals surface area (Å²) in [5, 5.41) is 37.0. The summed E-state index contributed by atoms with van der Waals surface area (Å²) in [6, 6.07) is 21.7. The summed E-state index contributed by atoms with van der Waals surface area (Å²) in [6.07, 6.45) is 0. The molecule has 0 spiro atoms. The van der Waals surface area contributed by atoms with Gasteiger partial charge in [-0.25, -0.2) is 0 Å². The summed E-state index contributed by atoms with van der Waals surface area (Å²) in [6.45, 7) is 0.380. The van der Waals surface area contributed by atoms with Crippen molar-refractivity contribution in [1.82, 2.24) is 29.9 Å². The highest BCUT2D eigenvalue weighted by Crippen LogP contribution is 2.23. The minimum Gasteiger partial charge on any atom is -0.399 e. The third-order valence-electron chi connectivity index (χ3n) is 5.77. The summed E-state index contributed by atoms with van der Waals surface area (Å²) in [4.78, 5) is 26.5. The number of nitrogens with two attached hydrogens (primary N) is 2. The molecule has 0 atom stereocenters. The summed E-state index contributed by atoms with van der Waals surface area (Å²) in [7, 11) is 0. The molecule has 0 fully saturated rings. The van der Waals surface area contributed by atoms with Crippen LogP contribution in [-0.2, 0) is 0 Å². The molecule has 5 rings (SSSR count). The minimum atomic E-state index is -0.0833. The zero-order valence-corrected chi connectivity index (χ0v) is 23.5. The van der Waals surface area contributed by atoms with E-state index < -0.39 is 0 Å². The van der Waals surface area contributed by atoms with E-state index >= 15 is 0 Å². The van der Waals surface area contributed by atoms with Gasteiger partial charge in [0, 0.05) is 47.2 Å². The normalized spacial score (nSPS) is 10.6. The van der Waals surface area contributed by atoms with Gasteiger partial charge in [0.15, 0.2) is 0 Å². The Morgan fingerprint density at radius 1 is 0.455 bits per heavy atom. The van der Waals surface area contributed by atoms with E-state index in [1.54, 1.807) is 24.3 Å². The van der Waals surface area contributed by atoms with Gasteiger partial charge in [0.2, 0.25) is 35.7 Å². The van der Waals surface area contributed by atoms with E-state index in [1.807, 2.05) is 48.5 Å². The molecule has 16 heteroatoms. The predicted molar refractivity (Wildman–Crippen MR) is 172 cm³/mol. The number of hydrogen-bond acceptors (Lipinski definition) is 16. The van der Waals surface area contributed by atoms with Gasteiger partial charge in [-0.1, -0.05) is 6.07 Å². The first-order chi connectivity index (χ1) is 21.4. The Hall–Kier alpha value is -6.00.